The number of hydrogen-bond acceptors (Lipinski definition) is 5. The lowest BCUT2D eigenvalue weighted by Gasteiger charge is -2.56. The number of aliphatic hydroxyl groups excluding tert-OH is 1. The Kier molecular flexibility index (Phi) is 7.70. The first-order valence-corrected chi connectivity index (χ1v) is 11.4. The largest absolute Gasteiger partial charge is 0.392 e. The van der Waals surface area contributed by atoms with Gasteiger partial charge in [-0.2, -0.15) is 0 Å². The maximum atomic E-state index is 12.7. The van der Waals surface area contributed by atoms with Gasteiger partial charge in [-0.05, 0) is 61.0 Å². The fourth-order valence-electron chi connectivity index (χ4n) is 5.87. The summed E-state index contributed by atoms with van der Waals surface area (Å²) in [5.41, 5.74) is 0.430. The van der Waals surface area contributed by atoms with Crippen molar-refractivity contribution >= 4 is 11.8 Å². The van der Waals surface area contributed by atoms with Crippen molar-refractivity contribution in [3.63, 3.8) is 0 Å². The highest BCUT2D eigenvalue weighted by Gasteiger charge is 2.53. The normalized spacial score (nSPS) is 33.8. The first kappa shape index (κ1) is 23.7. The van der Waals surface area contributed by atoms with Crippen LogP contribution in [-0.2, 0) is 9.53 Å². The van der Waals surface area contributed by atoms with Gasteiger partial charge in [0.2, 0.25) is 5.91 Å². The Morgan fingerprint density at radius 2 is 2.06 bits per heavy atom. The van der Waals surface area contributed by atoms with Crippen LogP contribution >= 0.6 is 0 Å². The van der Waals surface area contributed by atoms with Crippen LogP contribution in [0.15, 0.2) is 24.4 Å². The maximum Gasteiger partial charge on any atom is 0.270 e. The minimum absolute atomic E-state index is 0.0215. The fraction of sp³-hybridized carbons (Fsp3) is 0.708. The van der Waals surface area contributed by atoms with E-state index in [1.165, 1.54) is 0 Å². The first-order chi connectivity index (χ1) is 14.8. The van der Waals surface area contributed by atoms with E-state index in [0.29, 0.717) is 18.8 Å². The molecule has 0 radical (unpaired) electrons. The van der Waals surface area contributed by atoms with E-state index < -0.39 is 6.10 Å². The Bertz CT molecular complexity index is 758. The lowest BCUT2D eigenvalue weighted by Crippen LogP contribution is -2.58. The van der Waals surface area contributed by atoms with Gasteiger partial charge in [-0.1, -0.05) is 26.8 Å². The van der Waals surface area contributed by atoms with Crippen molar-refractivity contribution in [1.82, 2.24) is 15.6 Å². The van der Waals surface area contributed by atoms with Gasteiger partial charge in [-0.3, -0.25) is 14.6 Å². The van der Waals surface area contributed by atoms with Crippen molar-refractivity contribution in [3.8, 4) is 0 Å². The van der Waals surface area contributed by atoms with E-state index in [2.05, 4.69) is 29.5 Å². The Balaban J connectivity index is 1.70. The van der Waals surface area contributed by atoms with Gasteiger partial charge < -0.3 is 20.5 Å². The highest BCUT2D eigenvalue weighted by Crippen LogP contribution is 2.55. The molecule has 7 nitrogen and oxygen atoms in total. The summed E-state index contributed by atoms with van der Waals surface area (Å²) >= 11 is 0. The molecule has 1 aromatic heterocycles. The van der Waals surface area contributed by atoms with Gasteiger partial charge >= 0.3 is 0 Å². The fourth-order valence-corrected chi connectivity index (χ4v) is 5.87. The minimum Gasteiger partial charge on any atom is -0.392 e. The van der Waals surface area contributed by atoms with Crippen LogP contribution in [0, 0.1) is 29.1 Å². The van der Waals surface area contributed by atoms with Crippen LogP contribution in [0.5, 0.6) is 0 Å². The van der Waals surface area contributed by atoms with E-state index in [4.69, 9.17) is 4.74 Å². The van der Waals surface area contributed by atoms with Gasteiger partial charge in [-0.15, -0.1) is 0 Å². The number of aromatic nitrogens is 1. The number of nitrogens with one attached hydrogen (secondary N) is 2. The molecule has 3 rings (SSSR count). The van der Waals surface area contributed by atoms with Crippen LogP contribution in [0.3, 0.4) is 0 Å². The smallest absolute Gasteiger partial charge is 0.270 e. The van der Waals surface area contributed by atoms with E-state index in [0.717, 1.165) is 25.7 Å². The van der Waals surface area contributed by atoms with Crippen LogP contribution in [-0.4, -0.2) is 54.3 Å². The van der Waals surface area contributed by atoms with Crippen molar-refractivity contribution in [2.75, 3.05) is 20.3 Å². The second-order valence-corrected chi connectivity index (χ2v) is 9.64. The number of ether oxygens (including phenoxy) is 1. The molecule has 0 aromatic carbocycles. The van der Waals surface area contributed by atoms with E-state index >= 15 is 0 Å². The summed E-state index contributed by atoms with van der Waals surface area (Å²) < 4.78 is 5.01. The second-order valence-electron chi connectivity index (χ2n) is 9.64. The van der Waals surface area contributed by atoms with E-state index in [1.54, 1.807) is 31.5 Å². The summed E-state index contributed by atoms with van der Waals surface area (Å²) in [6, 6.07) is 5.28. The van der Waals surface area contributed by atoms with Gasteiger partial charge in [0.25, 0.3) is 5.91 Å². The number of rotatable bonds is 7. The molecule has 0 bridgehead atoms. The van der Waals surface area contributed by atoms with Crippen LogP contribution < -0.4 is 10.6 Å². The van der Waals surface area contributed by atoms with Crippen LogP contribution in [0.25, 0.3) is 0 Å². The van der Waals surface area contributed by atoms with Crippen molar-refractivity contribution in [3.05, 3.63) is 30.1 Å². The van der Waals surface area contributed by atoms with Gasteiger partial charge in [-0.25, -0.2) is 0 Å². The van der Waals surface area contributed by atoms with Crippen molar-refractivity contribution < 1.29 is 19.4 Å². The monoisotopic (exact) mass is 431 g/mol. The molecule has 2 aliphatic carbocycles. The zero-order valence-electron chi connectivity index (χ0n) is 19.1. The number of hydrogen-bond donors (Lipinski definition) is 3. The molecular weight excluding hydrogens is 394 g/mol. The Hall–Kier alpha value is -1.99. The highest BCUT2D eigenvalue weighted by molar-refractivity contribution is 5.92. The predicted octanol–water partition coefficient (Wildman–Crippen LogP) is 2.40. The molecule has 1 aromatic rings. The van der Waals surface area contributed by atoms with Crippen molar-refractivity contribution in [2.24, 2.45) is 29.1 Å². The molecule has 31 heavy (non-hydrogen) atoms. The third-order valence-corrected chi connectivity index (χ3v) is 7.76. The van der Waals surface area contributed by atoms with Crippen LogP contribution in [0.1, 0.15) is 56.9 Å². The number of amides is 2. The molecule has 1 heterocycles. The number of fused-ring (bicyclic) bond motifs is 1. The molecule has 2 fully saturated rings. The zero-order chi connectivity index (χ0) is 22.6. The number of aliphatic hydroxyl groups is 1. The molecule has 3 N–H and O–H groups in total. The third-order valence-electron chi connectivity index (χ3n) is 7.76. The van der Waals surface area contributed by atoms with Gasteiger partial charge in [0, 0.05) is 31.8 Å². The molecule has 0 saturated heterocycles. The van der Waals surface area contributed by atoms with Crippen molar-refractivity contribution in [2.45, 2.75) is 58.6 Å². The molecule has 2 saturated carbocycles. The van der Waals surface area contributed by atoms with Crippen LogP contribution in [0.2, 0.25) is 0 Å². The van der Waals surface area contributed by atoms with Gasteiger partial charge in [0.15, 0.2) is 0 Å². The summed E-state index contributed by atoms with van der Waals surface area (Å²) in [5.74, 6) is -0.432. The topological polar surface area (TPSA) is 101 Å². The zero-order valence-corrected chi connectivity index (χ0v) is 19.1. The van der Waals surface area contributed by atoms with E-state index in [-0.39, 0.29) is 46.9 Å². The molecule has 7 atom stereocenters. The summed E-state index contributed by atoms with van der Waals surface area (Å²) in [6.07, 6.45) is 4.70. The van der Waals surface area contributed by atoms with Gasteiger partial charge in [0.05, 0.1) is 12.7 Å². The van der Waals surface area contributed by atoms with Gasteiger partial charge in [0.1, 0.15) is 5.69 Å². The average Bonchev–Trinajstić information content (AvgIpc) is 2.76. The molecular formula is C24H37N3O4. The molecule has 0 spiro atoms. The summed E-state index contributed by atoms with van der Waals surface area (Å²) in [7, 11) is 1.61. The number of methoxy groups -OCH3 is 1. The molecule has 7 heteroatoms. The third kappa shape index (κ3) is 5.09. The second kappa shape index (κ2) is 10.1. The van der Waals surface area contributed by atoms with Crippen LogP contribution in [0.4, 0.5) is 0 Å². The Morgan fingerprint density at radius 1 is 1.32 bits per heavy atom. The molecule has 2 amide bonds. The number of carbonyl (C=O) groups is 2. The Morgan fingerprint density at radius 3 is 2.74 bits per heavy atom. The van der Waals surface area contributed by atoms with Crippen molar-refractivity contribution in [1.29, 1.82) is 0 Å². The lowest BCUT2D eigenvalue weighted by atomic mass is 9.51. The molecule has 172 valence electrons. The standard InChI is InChI=1S/C24H37N3O4/c1-15(22(29)26-13-14-31-4)17-8-10-24(3)11-9-18(16(2)20(24)21(17)28)27-23(30)19-7-5-6-12-25-19/h5-7,12,15-18,20-21,28H,8-11,13-14H2,1-4H3,(H,26,29)(H,27,30)/t15?,16-,17+,18+,20-,21+,24+/m1/s1. The Labute approximate surface area is 185 Å². The summed E-state index contributed by atoms with van der Waals surface area (Å²) in [4.78, 5) is 29.4. The molecule has 2 aliphatic rings. The highest BCUT2D eigenvalue weighted by atomic mass is 16.5. The van der Waals surface area contributed by atoms with E-state index in [1.807, 2.05) is 6.92 Å². The molecule has 1 unspecified atom stereocenters. The minimum atomic E-state index is -0.577. The first-order valence-electron chi connectivity index (χ1n) is 11.4. The molecule has 0 aliphatic heterocycles. The summed E-state index contributed by atoms with van der Waals surface area (Å²) in [5, 5.41) is 17.5. The lowest BCUT2D eigenvalue weighted by molar-refractivity contribution is -0.142. The maximum absolute atomic E-state index is 12.7. The predicted molar refractivity (Wildman–Crippen MR) is 118 cm³/mol. The average molecular weight is 432 g/mol. The SMILES string of the molecule is COCCNC(=O)C(C)[C@@H]1CC[C@@]2(C)CC[C@H](NC(=O)c3ccccn3)[C@@H](C)[C@@H]2[C@H]1O. The van der Waals surface area contributed by atoms with E-state index in [9.17, 15) is 14.7 Å². The quantitative estimate of drug-likeness (QED) is 0.576. The summed E-state index contributed by atoms with van der Waals surface area (Å²) in [6.45, 7) is 7.24. The number of nitrogens with zero attached hydrogens (tertiary/aromatic N) is 1. The number of carbonyl (C=O) groups excluding carboxylic acids is 2. The number of pyridine rings is 1.